The van der Waals surface area contributed by atoms with E-state index in [1.165, 1.54) is 6.07 Å². The third-order valence-electron chi connectivity index (χ3n) is 2.60. The van der Waals surface area contributed by atoms with E-state index in [4.69, 9.17) is 46.9 Å². The lowest BCUT2D eigenvalue weighted by atomic mass is 10.4. The average Bonchev–Trinajstić information content (AvgIpc) is 2.72. The van der Waals surface area contributed by atoms with Crippen molar-refractivity contribution in [1.82, 2.24) is 19.9 Å². The highest BCUT2D eigenvalue weighted by atomic mass is 35.5. The molecule has 152 valence electrons. The zero-order valence-electron chi connectivity index (χ0n) is 14.5. The number of methoxy groups -OCH3 is 1. The quantitative estimate of drug-likeness (QED) is 0.632. The van der Waals surface area contributed by atoms with Gasteiger partial charge in [-0.3, -0.25) is 0 Å². The van der Waals surface area contributed by atoms with Gasteiger partial charge in [-0.05, 0) is 11.6 Å². The molecule has 0 saturated carbocycles. The highest BCUT2D eigenvalue weighted by molar-refractivity contribution is 6.40. The highest BCUT2D eigenvalue weighted by Crippen LogP contribution is 2.28. The molecule has 2 aromatic heterocycles. The predicted octanol–water partition coefficient (Wildman–Crippen LogP) is 4.05. The van der Waals surface area contributed by atoms with Crippen molar-refractivity contribution in [1.29, 1.82) is 10.5 Å². The lowest BCUT2D eigenvalue weighted by Crippen LogP contribution is -2.20. The van der Waals surface area contributed by atoms with Crippen molar-refractivity contribution in [2.75, 3.05) is 13.7 Å². The van der Waals surface area contributed by atoms with Gasteiger partial charge in [0.1, 0.15) is 12.1 Å². The molecule has 15 heteroatoms. The van der Waals surface area contributed by atoms with Gasteiger partial charge in [-0.15, -0.1) is 4.98 Å². The molecular formula is C15H5Cl2F3N8O2. The van der Waals surface area contributed by atoms with Gasteiger partial charge in [0.25, 0.3) is 5.15 Å². The van der Waals surface area contributed by atoms with Crippen molar-refractivity contribution in [2.24, 2.45) is 0 Å². The van der Waals surface area contributed by atoms with Crippen LogP contribution >= 0.6 is 23.2 Å². The number of hydrogen-bond donors (Lipinski definition) is 0. The van der Waals surface area contributed by atoms with Crippen LogP contribution in [0.25, 0.3) is 9.69 Å². The van der Waals surface area contributed by atoms with Crippen molar-refractivity contribution in [3.8, 4) is 23.9 Å². The van der Waals surface area contributed by atoms with Gasteiger partial charge in [0.05, 0.1) is 7.11 Å². The first-order chi connectivity index (χ1) is 14.1. The molecule has 0 bridgehead atoms. The Hall–Kier alpha value is -3.91. The minimum Gasteiger partial charge on any atom is -0.463 e. The van der Waals surface area contributed by atoms with Gasteiger partial charge < -0.3 is 19.2 Å². The maximum Gasteiger partial charge on any atom is 0.422 e. The van der Waals surface area contributed by atoms with E-state index in [1.807, 2.05) is 0 Å². The van der Waals surface area contributed by atoms with E-state index in [2.05, 4.69) is 39.1 Å². The van der Waals surface area contributed by atoms with Gasteiger partial charge in [0.2, 0.25) is 0 Å². The molecule has 0 fully saturated rings. The number of hydrogen-bond acceptors (Lipinski definition) is 8. The third-order valence-corrected chi connectivity index (χ3v) is 3.22. The molecule has 0 amide bonds. The van der Waals surface area contributed by atoms with Crippen LogP contribution in [0.2, 0.25) is 10.3 Å². The average molecular weight is 457 g/mol. The van der Waals surface area contributed by atoms with E-state index in [1.54, 1.807) is 6.07 Å². The molecule has 0 radical (unpaired) electrons. The normalized spacial score (nSPS) is 9.67. The van der Waals surface area contributed by atoms with Crippen LogP contribution in [0.5, 0.6) is 11.8 Å². The summed E-state index contributed by atoms with van der Waals surface area (Å²) in [5.41, 5.74) is -0.539. The van der Waals surface area contributed by atoms with Gasteiger partial charge in [0, 0.05) is 0 Å². The summed E-state index contributed by atoms with van der Waals surface area (Å²) >= 11 is 10.9. The Balaban J connectivity index is 0.000000325. The molecular weight excluding hydrogens is 452 g/mol. The van der Waals surface area contributed by atoms with Gasteiger partial charge >= 0.3 is 29.6 Å². The summed E-state index contributed by atoms with van der Waals surface area (Å²) in [6.45, 7) is 11.8. The van der Waals surface area contributed by atoms with Gasteiger partial charge in [-0.1, -0.05) is 29.7 Å². The third kappa shape index (κ3) is 6.61. The minimum absolute atomic E-state index is 0.0679. The molecule has 0 spiro atoms. The van der Waals surface area contributed by atoms with Crippen molar-refractivity contribution in [2.45, 2.75) is 6.18 Å². The van der Waals surface area contributed by atoms with Crippen molar-refractivity contribution < 1.29 is 22.6 Å². The number of nitriles is 2. The number of ether oxygens (including phenoxy) is 2. The molecule has 0 N–H and O–H groups in total. The summed E-state index contributed by atoms with van der Waals surface area (Å²) < 4.78 is 44.9. The number of nitrogens with zero attached hydrogens (tertiary/aromatic N) is 8. The SMILES string of the molecule is [C-]#[N+]c1nc(Cl)c(Cl)nc1C#N.[C-]#[N+]c1nc(OC)c(OCC(F)(F)F)nc1C#N. The maximum atomic E-state index is 12.0. The van der Waals surface area contributed by atoms with Crippen molar-refractivity contribution >= 4 is 34.8 Å². The Bertz CT molecular complexity index is 1070. The molecule has 0 aromatic carbocycles. The summed E-state index contributed by atoms with van der Waals surface area (Å²) in [5, 5.41) is 17.0. The summed E-state index contributed by atoms with van der Waals surface area (Å²) in [7, 11) is 1.13. The lowest BCUT2D eigenvalue weighted by Gasteiger charge is -2.09. The highest BCUT2D eigenvalue weighted by Gasteiger charge is 2.30. The van der Waals surface area contributed by atoms with Crippen molar-refractivity contribution in [3.63, 3.8) is 0 Å². The Labute approximate surface area is 176 Å². The molecule has 10 nitrogen and oxygen atoms in total. The Morgan fingerprint density at radius 1 is 0.933 bits per heavy atom. The molecule has 0 aliphatic carbocycles. The van der Waals surface area contributed by atoms with Crippen LogP contribution < -0.4 is 9.47 Å². The fourth-order valence-corrected chi connectivity index (χ4v) is 1.71. The number of halogens is 5. The first-order valence-electron chi connectivity index (χ1n) is 7.03. The molecule has 2 rings (SSSR count). The molecule has 30 heavy (non-hydrogen) atoms. The first kappa shape index (κ1) is 24.1. The first-order valence-corrected chi connectivity index (χ1v) is 7.79. The molecule has 0 aliphatic rings. The zero-order chi connectivity index (χ0) is 22.9. The van der Waals surface area contributed by atoms with Gasteiger partial charge in [0.15, 0.2) is 23.1 Å². The predicted molar refractivity (Wildman–Crippen MR) is 94.1 cm³/mol. The summed E-state index contributed by atoms with van der Waals surface area (Å²) in [5.74, 6) is -1.47. The Kier molecular flexibility index (Phi) is 8.51. The number of aromatic nitrogens is 4. The largest absolute Gasteiger partial charge is 0.463 e. The van der Waals surface area contributed by atoms with E-state index < -0.39 is 24.4 Å². The number of rotatable bonds is 3. The fraction of sp³-hybridized carbons (Fsp3) is 0.200. The van der Waals surface area contributed by atoms with E-state index in [0.717, 1.165) is 7.11 Å². The van der Waals surface area contributed by atoms with E-state index in [0.29, 0.717) is 0 Å². The summed E-state index contributed by atoms with van der Waals surface area (Å²) in [6, 6.07) is 3.22. The second-order valence-electron chi connectivity index (χ2n) is 4.54. The zero-order valence-corrected chi connectivity index (χ0v) is 16.0. The van der Waals surface area contributed by atoms with Crippen LogP contribution in [0, 0.1) is 35.8 Å². The summed E-state index contributed by atoms with van der Waals surface area (Å²) in [6.07, 6.45) is -4.56. The van der Waals surface area contributed by atoms with Crippen LogP contribution in [0.1, 0.15) is 11.4 Å². The second-order valence-corrected chi connectivity index (χ2v) is 5.25. The fourth-order valence-electron chi connectivity index (χ4n) is 1.47. The molecule has 2 heterocycles. The van der Waals surface area contributed by atoms with Crippen molar-refractivity contribution in [3.05, 3.63) is 44.5 Å². The number of alkyl halides is 3. The van der Waals surface area contributed by atoms with Gasteiger partial charge in [-0.25, -0.2) is 9.97 Å². The van der Waals surface area contributed by atoms with E-state index >= 15 is 0 Å². The van der Waals surface area contributed by atoms with Crippen LogP contribution in [0.15, 0.2) is 0 Å². The summed E-state index contributed by atoms with van der Waals surface area (Å²) in [4.78, 5) is 19.9. The Morgan fingerprint density at radius 3 is 1.90 bits per heavy atom. The molecule has 0 atom stereocenters. The van der Waals surface area contributed by atoms with Gasteiger partial charge in [-0.2, -0.15) is 23.7 Å². The topological polar surface area (TPSA) is 126 Å². The van der Waals surface area contributed by atoms with Crippen LogP contribution in [-0.4, -0.2) is 39.8 Å². The molecule has 0 saturated heterocycles. The lowest BCUT2D eigenvalue weighted by molar-refractivity contribution is -0.154. The molecule has 2 aromatic rings. The monoisotopic (exact) mass is 456 g/mol. The molecule has 0 unspecified atom stereocenters. The van der Waals surface area contributed by atoms with E-state index in [9.17, 15) is 13.2 Å². The van der Waals surface area contributed by atoms with Crippen LogP contribution in [0.3, 0.4) is 0 Å². The second kappa shape index (κ2) is 10.6. The standard InChI is InChI=1S/C9H5F3N4O2.C6Cl2N4/c1-14-6-5(3-13)15-8(7(16-6)17-2)18-4-9(10,11)12;1-10-6-3(2-9)11-4(7)5(8)12-6/h4H2,2H3;. The minimum atomic E-state index is -4.56. The van der Waals surface area contributed by atoms with E-state index in [-0.39, 0.29) is 33.5 Å². The smallest absolute Gasteiger partial charge is 0.422 e. The maximum absolute atomic E-state index is 12.0. The molecule has 0 aliphatic heterocycles. The van der Waals surface area contributed by atoms with Crippen LogP contribution in [-0.2, 0) is 0 Å². The van der Waals surface area contributed by atoms with Crippen LogP contribution in [0.4, 0.5) is 24.8 Å². The Morgan fingerprint density at radius 2 is 1.43 bits per heavy atom.